The van der Waals surface area contributed by atoms with Gasteiger partial charge in [0.2, 0.25) is 0 Å². The van der Waals surface area contributed by atoms with E-state index in [1.807, 2.05) is 0 Å². The quantitative estimate of drug-likeness (QED) is 0.601. The topological polar surface area (TPSA) is 9.23 Å². The third-order valence-electron chi connectivity index (χ3n) is 2.45. The number of rotatable bonds is 3. The Labute approximate surface area is 74.1 Å². The van der Waals surface area contributed by atoms with Crippen LogP contribution < -0.4 is 0 Å². The number of hydrogen-bond acceptors (Lipinski definition) is 1. The van der Waals surface area contributed by atoms with Crippen molar-refractivity contribution < 1.29 is 4.74 Å². The van der Waals surface area contributed by atoms with E-state index in [-0.39, 0.29) is 0 Å². The average Bonchev–Trinajstić information content (AvgIpc) is 2.01. The molecule has 0 spiro atoms. The fourth-order valence-corrected chi connectivity index (χ4v) is 2.18. The lowest BCUT2D eigenvalue weighted by molar-refractivity contribution is 0.166. The Morgan fingerprint density at radius 3 is 2.91 bits per heavy atom. The molecule has 1 aliphatic rings. The maximum atomic E-state index is 6.05. The SMILES string of the molecule is COCCC1CCCC(Cl)C1. The molecule has 0 saturated heterocycles. The predicted molar refractivity (Wildman–Crippen MR) is 48.1 cm³/mol. The molecule has 0 radical (unpaired) electrons. The summed E-state index contributed by atoms with van der Waals surface area (Å²) in [5.41, 5.74) is 0. The summed E-state index contributed by atoms with van der Waals surface area (Å²) < 4.78 is 5.04. The number of methoxy groups -OCH3 is 1. The molecule has 0 aromatic heterocycles. The highest BCUT2D eigenvalue weighted by Gasteiger charge is 2.19. The molecule has 0 amide bonds. The van der Waals surface area contributed by atoms with Crippen LogP contribution >= 0.6 is 11.6 Å². The summed E-state index contributed by atoms with van der Waals surface area (Å²) in [5.74, 6) is 0.825. The molecule has 1 fully saturated rings. The number of hydrogen-bond donors (Lipinski definition) is 0. The predicted octanol–water partition coefficient (Wildman–Crippen LogP) is 2.82. The lowest BCUT2D eigenvalue weighted by Crippen LogP contribution is -2.16. The van der Waals surface area contributed by atoms with Gasteiger partial charge < -0.3 is 4.74 Å². The first kappa shape index (κ1) is 9.34. The highest BCUT2D eigenvalue weighted by atomic mass is 35.5. The zero-order chi connectivity index (χ0) is 8.10. The van der Waals surface area contributed by atoms with Crippen LogP contribution in [0.1, 0.15) is 32.1 Å². The second-order valence-corrected chi connectivity index (χ2v) is 4.03. The van der Waals surface area contributed by atoms with E-state index in [2.05, 4.69) is 0 Å². The van der Waals surface area contributed by atoms with E-state index < -0.39 is 0 Å². The maximum absolute atomic E-state index is 6.05. The largest absolute Gasteiger partial charge is 0.385 e. The van der Waals surface area contributed by atoms with Gasteiger partial charge in [-0.25, -0.2) is 0 Å². The molecular weight excluding hydrogens is 160 g/mol. The van der Waals surface area contributed by atoms with Crippen molar-refractivity contribution in [3.63, 3.8) is 0 Å². The van der Waals surface area contributed by atoms with Crippen LogP contribution in [0.15, 0.2) is 0 Å². The van der Waals surface area contributed by atoms with Crippen molar-refractivity contribution in [2.45, 2.75) is 37.5 Å². The van der Waals surface area contributed by atoms with Gasteiger partial charge in [-0.1, -0.05) is 12.8 Å². The number of halogens is 1. The lowest BCUT2D eigenvalue weighted by atomic mass is 9.87. The Bertz CT molecular complexity index is 106. The van der Waals surface area contributed by atoms with Gasteiger partial charge in [0.05, 0.1) is 0 Å². The van der Waals surface area contributed by atoms with E-state index in [9.17, 15) is 0 Å². The van der Waals surface area contributed by atoms with Crippen LogP contribution in [0.3, 0.4) is 0 Å². The van der Waals surface area contributed by atoms with Gasteiger partial charge in [0.25, 0.3) is 0 Å². The molecule has 0 N–H and O–H groups in total. The standard InChI is InChI=1S/C9H17ClO/c1-11-6-5-8-3-2-4-9(10)7-8/h8-9H,2-7H2,1H3. The Kier molecular flexibility index (Phi) is 4.24. The smallest absolute Gasteiger partial charge is 0.0464 e. The van der Waals surface area contributed by atoms with Crippen LogP contribution in [-0.4, -0.2) is 19.1 Å². The summed E-state index contributed by atoms with van der Waals surface area (Å²) in [6, 6.07) is 0. The molecule has 1 aliphatic carbocycles. The number of ether oxygens (including phenoxy) is 1. The van der Waals surface area contributed by atoms with Crippen molar-refractivity contribution in [3.8, 4) is 0 Å². The summed E-state index contributed by atoms with van der Waals surface area (Å²) >= 11 is 6.05. The van der Waals surface area contributed by atoms with Gasteiger partial charge in [0, 0.05) is 19.1 Å². The van der Waals surface area contributed by atoms with E-state index in [4.69, 9.17) is 16.3 Å². The van der Waals surface area contributed by atoms with Gasteiger partial charge in [0.15, 0.2) is 0 Å². The fraction of sp³-hybridized carbons (Fsp3) is 1.00. The van der Waals surface area contributed by atoms with Gasteiger partial charge in [-0.2, -0.15) is 0 Å². The summed E-state index contributed by atoms with van der Waals surface area (Å²) in [4.78, 5) is 0. The number of alkyl halides is 1. The molecule has 0 aromatic carbocycles. The maximum Gasteiger partial charge on any atom is 0.0464 e. The molecule has 1 saturated carbocycles. The minimum absolute atomic E-state index is 0.436. The Balaban J connectivity index is 2.12. The molecule has 66 valence electrons. The van der Waals surface area contributed by atoms with E-state index in [0.717, 1.165) is 12.5 Å². The average molecular weight is 177 g/mol. The van der Waals surface area contributed by atoms with Crippen LogP contribution in [0.25, 0.3) is 0 Å². The van der Waals surface area contributed by atoms with Crippen molar-refractivity contribution in [1.29, 1.82) is 0 Å². The molecule has 2 atom stereocenters. The second-order valence-electron chi connectivity index (χ2n) is 3.41. The fourth-order valence-electron chi connectivity index (χ4n) is 1.77. The minimum Gasteiger partial charge on any atom is -0.385 e. The molecule has 0 heterocycles. The summed E-state index contributed by atoms with van der Waals surface area (Å²) in [7, 11) is 1.76. The zero-order valence-corrected chi connectivity index (χ0v) is 7.94. The van der Waals surface area contributed by atoms with Crippen molar-refractivity contribution in [2.24, 2.45) is 5.92 Å². The van der Waals surface area contributed by atoms with E-state index in [0.29, 0.717) is 5.38 Å². The summed E-state index contributed by atoms with van der Waals surface area (Å²) in [5, 5.41) is 0.436. The summed E-state index contributed by atoms with van der Waals surface area (Å²) in [6.07, 6.45) is 6.27. The first-order valence-corrected chi connectivity index (χ1v) is 4.89. The third-order valence-corrected chi connectivity index (χ3v) is 2.85. The van der Waals surface area contributed by atoms with Gasteiger partial charge in [-0.3, -0.25) is 0 Å². The second kappa shape index (κ2) is 5.00. The molecule has 0 aromatic rings. The molecule has 2 heteroatoms. The van der Waals surface area contributed by atoms with E-state index >= 15 is 0 Å². The molecule has 0 aliphatic heterocycles. The first-order valence-electron chi connectivity index (χ1n) is 4.46. The Morgan fingerprint density at radius 2 is 2.27 bits per heavy atom. The molecule has 0 bridgehead atoms. The molecule has 11 heavy (non-hydrogen) atoms. The van der Waals surface area contributed by atoms with Crippen LogP contribution in [0.4, 0.5) is 0 Å². The van der Waals surface area contributed by atoms with Crippen LogP contribution in [0, 0.1) is 5.92 Å². The highest BCUT2D eigenvalue weighted by molar-refractivity contribution is 6.20. The van der Waals surface area contributed by atoms with Crippen molar-refractivity contribution >= 4 is 11.6 Å². The summed E-state index contributed by atoms with van der Waals surface area (Å²) in [6.45, 7) is 0.897. The monoisotopic (exact) mass is 176 g/mol. The zero-order valence-electron chi connectivity index (χ0n) is 7.18. The van der Waals surface area contributed by atoms with Gasteiger partial charge in [-0.15, -0.1) is 11.6 Å². The van der Waals surface area contributed by atoms with Gasteiger partial charge in [0.1, 0.15) is 0 Å². The van der Waals surface area contributed by atoms with Crippen molar-refractivity contribution in [1.82, 2.24) is 0 Å². The van der Waals surface area contributed by atoms with Crippen molar-refractivity contribution in [2.75, 3.05) is 13.7 Å². The molecule has 1 nitrogen and oxygen atoms in total. The lowest BCUT2D eigenvalue weighted by Gasteiger charge is -2.24. The van der Waals surface area contributed by atoms with E-state index in [1.54, 1.807) is 7.11 Å². The van der Waals surface area contributed by atoms with Crippen LogP contribution in [0.2, 0.25) is 0 Å². The molecular formula is C9H17ClO. The highest BCUT2D eigenvalue weighted by Crippen LogP contribution is 2.29. The van der Waals surface area contributed by atoms with Crippen molar-refractivity contribution in [3.05, 3.63) is 0 Å². The Morgan fingerprint density at radius 1 is 1.45 bits per heavy atom. The Hall–Kier alpha value is 0.250. The van der Waals surface area contributed by atoms with Gasteiger partial charge >= 0.3 is 0 Å². The van der Waals surface area contributed by atoms with Gasteiger partial charge in [-0.05, 0) is 25.2 Å². The van der Waals surface area contributed by atoms with Crippen LogP contribution in [-0.2, 0) is 4.74 Å². The third kappa shape index (κ3) is 3.44. The first-order chi connectivity index (χ1) is 5.33. The van der Waals surface area contributed by atoms with E-state index in [1.165, 1.54) is 32.1 Å². The normalized spacial score (nSPS) is 32.2. The molecule has 1 rings (SSSR count). The molecule has 2 unspecified atom stereocenters. The van der Waals surface area contributed by atoms with Crippen LogP contribution in [0.5, 0.6) is 0 Å². The minimum atomic E-state index is 0.436.